The Kier molecular flexibility index (Phi) is 6.92. The molecule has 2 bridgehead atoms. The van der Waals surface area contributed by atoms with Gasteiger partial charge in [-0.2, -0.15) is 0 Å². The van der Waals surface area contributed by atoms with Crippen LogP contribution in [0, 0.1) is 11.8 Å². The van der Waals surface area contributed by atoms with Gasteiger partial charge in [0.1, 0.15) is 6.10 Å². The molecule has 6 heterocycles. The van der Waals surface area contributed by atoms with Gasteiger partial charge in [-0.15, -0.1) is 0 Å². The molecule has 1 amide bonds. The number of hydrogen-bond donors (Lipinski definition) is 2. The zero-order valence-corrected chi connectivity index (χ0v) is 18.6. The molecular formula is C23H41N5O2. The number of carbonyl (C=O) groups is 1. The van der Waals surface area contributed by atoms with Crippen LogP contribution in [0.3, 0.4) is 0 Å². The van der Waals surface area contributed by atoms with Gasteiger partial charge in [-0.25, -0.2) is 0 Å². The molecule has 0 aromatic heterocycles. The summed E-state index contributed by atoms with van der Waals surface area (Å²) < 4.78 is 5.53. The van der Waals surface area contributed by atoms with Gasteiger partial charge < -0.3 is 20.3 Å². The fourth-order valence-electron chi connectivity index (χ4n) is 6.52. The Labute approximate surface area is 181 Å². The van der Waals surface area contributed by atoms with Crippen molar-refractivity contribution in [3.05, 3.63) is 0 Å². The predicted molar refractivity (Wildman–Crippen MR) is 117 cm³/mol. The lowest BCUT2D eigenvalue weighted by Gasteiger charge is -2.51. The molecule has 6 rings (SSSR count). The SMILES string of the molecule is O=C(NC[C@H]1C[C@@H]2CCN1C[C@H]2CN1CCN(C2CCCCN2)CC1)C1CCCO1. The molecule has 6 atom stereocenters. The second kappa shape index (κ2) is 9.82. The molecule has 6 aliphatic rings. The normalized spacial score (nSPS) is 40.5. The van der Waals surface area contributed by atoms with Crippen LogP contribution in [-0.4, -0.2) is 104 Å². The maximum absolute atomic E-state index is 12.3. The van der Waals surface area contributed by atoms with Crippen LogP contribution in [0.2, 0.25) is 0 Å². The molecular weight excluding hydrogens is 378 g/mol. The van der Waals surface area contributed by atoms with E-state index in [2.05, 4.69) is 25.3 Å². The fourth-order valence-corrected chi connectivity index (χ4v) is 6.52. The van der Waals surface area contributed by atoms with Crippen molar-refractivity contribution >= 4 is 5.91 Å². The zero-order valence-electron chi connectivity index (χ0n) is 18.6. The van der Waals surface area contributed by atoms with Crippen molar-refractivity contribution in [2.24, 2.45) is 11.8 Å². The highest BCUT2D eigenvalue weighted by Crippen LogP contribution is 2.36. The molecule has 30 heavy (non-hydrogen) atoms. The largest absolute Gasteiger partial charge is 0.368 e. The monoisotopic (exact) mass is 419 g/mol. The number of hydrogen-bond acceptors (Lipinski definition) is 6. The maximum atomic E-state index is 12.3. The van der Waals surface area contributed by atoms with Gasteiger partial charge in [-0.05, 0) is 69.9 Å². The lowest BCUT2D eigenvalue weighted by atomic mass is 9.75. The van der Waals surface area contributed by atoms with Gasteiger partial charge >= 0.3 is 0 Å². The minimum absolute atomic E-state index is 0.108. The van der Waals surface area contributed by atoms with Crippen molar-refractivity contribution < 1.29 is 9.53 Å². The number of ether oxygens (including phenoxy) is 1. The number of carbonyl (C=O) groups excluding carboxylic acids is 1. The highest BCUT2D eigenvalue weighted by molar-refractivity contribution is 5.80. The highest BCUT2D eigenvalue weighted by Gasteiger charge is 2.41. The van der Waals surface area contributed by atoms with Crippen molar-refractivity contribution in [2.75, 3.05) is 65.5 Å². The number of fused-ring (bicyclic) bond motifs is 3. The maximum Gasteiger partial charge on any atom is 0.249 e. The molecule has 6 aliphatic heterocycles. The average molecular weight is 420 g/mol. The van der Waals surface area contributed by atoms with E-state index in [0.717, 1.165) is 37.8 Å². The molecule has 170 valence electrons. The van der Waals surface area contributed by atoms with Crippen LogP contribution in [0.1, 0.15) is 44.9 Å². The smallest absolute Gasteiger partial charge is 0.249 e. The summed E-state index contributed by atoms with van der Waals surface area (Å²) in [5, 5.41) is 6.90. The molecule has 6 saturated heterocycles. The summed E-state index contributed by atoms with van der Waals surface area (Å²) in [6, 6.07) is 0.527. The van der Waals surface area contributed by atoms with Crippen LogP contribution >= 0.6 is 0 Å². The Morgan fingerprint density at radius 3 is 2.60 bits per heavy atom. The molecule has 0 spiro atoms. The van der Waals surface area contributed by atoms with Crippen LogP contribution in [-0.2, 0) is 9.53 Å². The van der Waals surface area contributed by atoms with Crippen LogP contribution in [0.25, 0.3) is 0 Å². The lowest BCUT2D eigenvalue weighted by molar-refractivity contribution is -0.130. The fraction of sp³-hybridized carbons (Fsp3) is 0.957. The van der Waals surface area contributed by atoms with E-state index in [0.29, 0.717) is 12.2 Å². The molecule has 0 aromatic carbocycles. The Morgan fingerprint density at radius 1 is 1.00 bits per heavy atom. The van der Waals surface area contributed by atoms with Crippen LogP contribution in [0.4, 0.5) is 0 Å². The number of nitrogens with one attached hydrogen (secondary N) is 2. The Hall–Kier alpha value is -0.730. The molecule has 0 aromatic rings. The predicted octanol–water partition coefficient (Wildman–Crippen LogP) is 0.709. The van der Waals surface area contributed by atoms with Gasteiger partial charge in [0.25, 0.3) is 0 Å². The van der Waals surface area contributed by atoms with Crippen molar-refractivity contribution in [3.8, 4) is 0 Å². The second-order valence-electron chi connectivity index (χ2n) is 10.2. The number of piperidine rings is 4. The van der Waals surface area contributed by atoms with Crippen LogP contribution in [0.5, 0.6) is 0 Å². The summed E-state index contributed by atoms with van der Waals surface area (Å²) in [4.78, 5) is 20.3. The molecule has 3 unspecified atom stereocenters. The first-order valence-corrected chi connectivity index (χ1v) is 12.6. The summed E-state index contributed by atoms with van der Waals surface area (Å²) in [6.45, 7) is 11.3. The minimum atomic E-state index is -0.198. The number of nitrogens with zero attached hydrogens (tertiary/aromatic N) is 3. The molecule has 2 N–H and O–H groups in total. The molecule has 0 saturated carbocycles. The van der Waals surface area contributed by atoms with Gasteiger partial charge in [0.2, 0.25) is 5.91 Å². The lowest BCUT2D eigenvalue weighted by Crippen LogP contribution is -2.60. The molecule has 7 heteroatoms. The van der Waals surface area contributed by atoms with Crippen molar-refractivity contribution in [1.29, 1.82) is 0 Å². The van der Waals surface area contributed by atoms with Gasteiger partial charge in [0.05, 0.1) is 6.17 Å². The van der Waals surface area contributed by atoms with E-state index in [1.165, 1.54) is 84.5 Å². The number of amides is 1. The van der Waals surface area contributed by atoms with Crippen molar-refractivity contribution in [3.63, 3.8) is 0 Å². The molecule has 0 radical (unpaired) electrons. The third-order valence-electron chi connectivity index (χ3n) is 8.37. The topological polar surface area (TPSA) is 60.1 Å². The summed E-state index contributed by atoms with van der Waals surface area (Å²) in [5.74, 6) is 1.75. The van der Waals surface area contributed by atoms with E-state index in [1.54, 1.807) is 0 Å². The van der Waals surface area contributed by atoms with E-state index in [9.17, 15) is 4.79 Å². The quantitative estimate of drug-likeness (QED) is 0.661. The Morgan fingerprint density at radius 2 is 1.90 bits per heavy atom. The minimum Gasteiger partial charge on any atom is -0.368 e. The van der Waals surface area contributed by atoms with E-state index < -0.39 is 0 Å². The first-order valence-electron chi connectivity index (χ1n) is 12.6. The van der Waals surface area contributed by atoms with E-state index in [-0.39, 0.29) is 12.0 Å². The van der Waals surface area contributed by atoms with E-state index in [1.807, 2.05) is 0 Å². The van der Waals surface area contributed by atoms with E-state index >= 15 is 0 Å². The zero-order chi connectivity index (χ0) is 20.3. The molecule has 7 nitrogen and oxygen atoms in total. The van der Waals surface area contributed by atoms with Crippen molar-refractivity contribution in [1.82, 2.24) is 25.3 Å². The van der Waals surface area contributed by atoms with E-state index in [4.69, 9.17) is 4.74 Å². The van der Waals surface area contributed by atoms with Crippen LogP contribution in [0.15, 0.2) is 0 Å². The third-order valence-corrected chi connectivity index (χ3v) is 8.37. The average Bonchev–Trinajstić information content (AvgIpc) is 3.34. The van der Waals surface area contributed by atoms with Crippen molar-refractivity contribution in [2.45, 2.75) is 63.3 Å². The standard InChI is InChI=1S/C23H41N5O2/c29-23(21-4-3-13-30-21)25-15-20-14-18-6-8-28(20)17-19(18)16-26-9-11-27(12-10-26)22-5-1-2-7-24-22/h18-22,24H,1-17H2,(H,25,29)/t18-,19+,20+,21?,22?/m0/s1. The summed E-state index contributed by atoms with van der Waals surface area (Å²) >= 11 is 0. The van der Waals surface area contributed by atoms with Gasteiger partial charge in [-0.1, -0.05) is 0 Å². The first-order chi connectivity index (χ1) is 14.8. The van der Waals surface area contributed by atoms with Gasteiger partial charge in [0.15, 0.2) is 0 Å². The summed E-state index contributed by atoms with van der Waals surface area (Å²) in [6.07, 6.45) is 8.97. The van der Waals surface area contributed by atoms with Gasteiger partial charge in [0, 0.05) is 58.5 Å². The van der Waals surface area contributed by atoms with Gasteiger partial charge in [-0.3, -0.25) is 14.6 Å². The molecule has 0 aliphatic carbocycles. The first kappa shape index (κ1) is 21.1. The Balaban J connectivity index is 1.05. The summed E-state index contributed by atoms with van der Waals surface area (Å²) in [5.41, 5.74) is 0. The molecule has 6 fully saturated rings. The third kappa shape index (κ3) is 4.85. The highest BCUT2D eigenvalue weighted by atomic mass is 16.5. The summed E-state index contributed by atoms with van der Waals surface area (Å²) in [7, 11) is 0. The number of rotatable bonds is 6. The van der Waals surface area contributed by atoms with Crippen LogP contribution < -0.4 is 10.6 Å². The number of piperazine rings is 1. The Bertz CT molecular complexity index is 570. The second-order valence-corrected chi connectivity index (χ2v) is 10.2.